The SMILES string of the molecule is Cc1nn(Cc2noc(C(=O)NCc3ccc(CN4CCOCC4)cc3)n2)c(C)c1I. The van der Waals surface area contributed by atoms with Gasteiger partial charge in [-0.05, 0) is 47.6 Å². The van der Waals surface area contributed by atoms with Crippen LogP contribution < -0.4 is 5.32 Å². The molecule has 0 atom stereocenters. The molecule has 3 aromatic rings. The third-order valence-electron chi connectivity index (χ3n) is 5.23. The number of nitrogens with zero attached hydrogens (tertiary/aromatic N) is 5. The third-order valence-corrected chi connectivity index (χ3v) is 6.79. The summed E-state index contributed by atoms with van der Waals surface area (Å²) in [5.74, 6) is -0.0196. The van der Waals surface area contributed by atoms with E-state index in [2.05, 4.69) is 60.2 Å². The van der Waals surface area contributed by atoms with E-state index in [9.17, 15) is 4.79 Å². The molecular formula is C21H25IN6O3. The Kier molecular flexibility index (Phi) is 6.98. The van der Waals surface area contributed by atoms with E-state index in [-0.39, 0.29) is 11.8 Å². The number of rotatable bonds is 7. The van der Waals surface area contributed by atoms with Gasteiger partial charge in [0.1, 0.15) is 6.54 Å². The van der Waals surface area contributed by atoms with Crippen LogP contribution in [0.5, 0.6) is 0 Å². The van der Waals surface area contributed by atoms with Crippen molar-refractivity contribution < 1.29 is 14.1 Å². The zero-order valence-electron chi connectivity index (χ0n) is 17.6. The van der Waals surface area contributed by atoms with Crippen molar-refractivity contribution >= 4 is 28.5 Å². The second-order valence-corrected chi connectivity index (χ2v) is 8.62. The Morgan fingerprint density at radius 1 is 1.13 bits per heavy atom. The highest BCUT2D eigenvalue weighted by Gasteiger charge is 2.17. The molecule has 9 nitrogen and oxygen atoms in total. The van der Waals surface area contributed by atoms with Gasteiger partial charge in [-0.2, -0.15) is 10.1 Å². The molecule has 1 fully saturated rings. The molecule has 3 heterocycles. The number of hydrogen-bond acceptors (Lipinski definition) is 7. The van der Waals surface area contributed by atoms with E-state index in [1.165, 1.54) is 5.56 Å². The number of halogens is 1. The molecule has 0 saturated carbocycles. The summed E-state index contributed by atoms with van der Waals surface area (Å²) in [6, 6.07) is 8.24. The molecule has 0 bridgehead atoms. The smallest absolute Gasteiger partial charge is 0.316 e. The first kappa shape index (κ1) is 21.9. The van der Waals surface area contributed by atoms with Gasteiger partial charge in [-0.15, -0.1) is 0 Å². The molecule has 10 heteroatoms. The molecule has 1 N–H and O–H groups in total. The number of benzene rings is 1. The number of carbonyl (C=O) groups excluding carboxylic acids is 1. The van der Waals surface area contributed by atoms with Crippen LogP contribution in [0, 0.1) is 17.4 Å². The highest BCUT2D eigenvalue weighted by molar-refractivity contribution is 14.1. The molecule has 1 aromatic carbocycles. The monoisotopic (exact) mass is 536 g/mol. The summed E-state index contributed by atoms with van der Waals surface area (Å²) in [7, 11) is 0. The second-order valence-electron chi connectivity index (χ2n) is 7.55. The molecule has 0 unspecified atom stereocenters. The Bertz CT molecular complexity index is 1040. The van der Waals surface area contributed by atoms with Crippen molar-refractivity contribution in [2.24, 2.45) is 0 Å². The maximum atomic E-state index is 12.4. The molecule has 1 amide bonds. The van der Waals surface area contributed by atoms with E-state index in [1.54, 1.807) is 0 Å². The van der Waals surface area contributed by atoms with E-state index in [0.717, 1.165) is 53.4 Å². The van der Waals surface area contributed by atoms with E-state index in [0.29, 0.717) is 18.9 Å². The predicted octanol–water partition coefficient (Wildman–Crippen LogP) is 2.30. The Labute approximate surface area is 194 Å². The summed E-state index contributed by atoms with van der Waals surface area (Å²) >= 11 is 2.26. The van der Waals surface area contributed by atoms with E-state index in [4.69, 9.17) is 9.26 Å². The van der Waals surface area contributed by atoms with E-state index < -0.39 is 0 Å². The van der Waals surface area contributed by atoms with Gasteiger partial charge in [-0.3, -0.25) is 14.4 Å². The first-order chi connectivity index (χ1) is 15.0. The normalized spacial score (nSPS) is 14.7. The maximum absolute atomic E-state index is 12.4. The van der Waals surface area contributed by atoms with Gasteiger partial charge in [0.2, 0.25) is 0 Å². The van der Waals surface area contributed by atoms with Crippen molar-refractivity contribution in [3.05, 3.63) is 62.1 Å². The Hall–Kier alpha value is -2.31. The molecule has 4 rings (SSSR count). The summed E-state index contributed by atoms with van der Waals surface area (Å²) in [5.41, 5.74) is 4.25. The number of ether oxygens (including phenoxy) is 1. The molecule has 1 saturated heterocycles. The third kappa shape index (κ3) is 5.49. The minimum absolute atomic E-state index is 0.0461. The zero-order valence-corrected chi connectivity index (χ0v) is 19.8. The van der Waals surface area contributed by atoms with Crippen LogP contribution in [-0.2, 0) is 24.4 Å². The van der Waals surface area contributed by atoms with Gasteiger partial charge in [0, 0.05) is 31.9 Å². The average Bonchev–Trinajstić information content (AvgIpc) is 3.34. The first-order valence-corrected chi connectivity index (χ1v) is 11.3. The molecule has 164 valence electrons. The van der Waals surface area contributed by atoms with Gasteiger partial charge in [0.15, 0.2) is 5.82 Å². The van der Waals surface area contributed by atoms with Gasteiger partial charge in [-0.1, -0.05) is 29.4 Å². The lowest BCUT2D eigenvalue weighted by atomic mass is 10.1. The van der Waals surface area contributed by atoms with Gasteiger partial charge in [0.25, 0.3) is 0 Å². The Morgan fingerprint density at radius 2 is 1.84 bits per heavy atom. The molecule has 2 aromatic heterocycles. The topological polar surface area (TPSA) is 98.3 Å². The van der Waals surface area contributed by atoms with Crippen LogP contribution in [0.4, 0.5) is 0 Å². The molecule has 1 aliphatic heterocycles. The van der Waals surface area contributed by atoms with Gasteiger partial charge in [-0.25, -0.2) is 0 Å². The number of aryl methyl sites for hydroxylation is 1. The fourth-order valence-electron chi connectivity index (χ4n) is 3.41. The number of aromatic nitrogens is 4. The first-order valence-electron chi connectivity index (χ1n) is 10.2. The molecule has 0 spiro atoms. The lowest BCUT2D eigenvalue weighted by Crippen LogP contribution is -2.35. The van der Waals surface area contributed by atoms with Crippen molar-refractivity contribution in [2.75, 3.05) is 26.3 Å². The summed E-state index contributed by atoms with van der Waals surface area (Å²) in [6.07, 6.45) is 0. The minimum Gasteiger partial charge on any atom is -0.379 e. The minimum atomic E-state index is -0.390. The number of morpholine rings is 1. The van der Waals surface area contributed by atoms with E-state index in [1.807, 2.05) is 30.7 Å². The van der Waals surface area contributed by atoms with Crippen molar-refractivity contribution in [1.82, 2.24) is 30.1 Å². The van der Waals surface area contributed by atoms with Crippen LogP contribution in [-0.4, -0.2) is 57.0 Å². The number of hydrogen-bond donors (Lipinski definition) is 1. The van der Waals surface area contributed by atoms with Crippen molar-refractivity contribution in [1.29, 1.82) is 0 Å². The second kappa shape index (κ2) is 9.88. The van der Waals surface area contributed by atoms with Crippen LogP contribution in [0.1, 0.15) is 39.0 Å². The molecule has 0 aliphatic carbocycles. The number of amides is 1. The summed E-state index contributed by atoms with van der Waals surface area (Å²) in [6.45, 7) is 9.11. The summed E-state index contributed by atoms with van der Waals surface area (Å²) in [5, 5.41) is 11.2. The number of nitrogens with one attached hydrogen (secondary N) is 1. The van der Waals surface area contributed by atoms with E-state index >= 15 is 0 Å². The summed E-state index contributed by atoms with van der Waals surface area (Å²) in [4.78, 5) is 19.0. The quantitative estimate of drug-likeness (QED) is 0.463. The van der Waals surface area contributed by atoms with Crippen LogP contribution in [0.2, 0.25) is 0 Å². The van der Waals surface area contributed by atoms with Crippen molar-refractivity contribution in [2.45, 2.75) is 33.5 Å². The van der Waals surface area contributed by atoms with Crippen LogP contribution in [0.15, 0.2) is 28.8 Å². The Balaban J connectivity index is 1.29. The zero-order chi connectivity index (χ0) is 21.8. The highest BCUT2D eigenvalue weighted by atomic mass is 127. The maximum Gasteiger partial charge on any atom is 0.316 e. The van der Waals surface area contributed by atoms with Gasteiger partial charge >= 0.3 is 11.8 Å². The van der Waals surface area contributed by atoms with Crippen LogP contribution in [0.3, 0.4) is 0 Å². The van der Waals surface area contributed by atoms with Gasteiger partial charge < -0.3 is 14.6 Å². The Morgan fingerprint density at radius 3 is 2.52 bits per heavy atom. The highest BCUT2D eigenvalue weighted by Crippen LogP contribution is 2.16. The van der Waals surface area contributed by atoms with Gasteiger partial charge in [0.05, 0.1) is 22.5 Å². The predicted molar refractivity (Wildman–Crippen MR) is 122 cm³/mol. The molecule has 31 heavy (non-hydrogen) atoms. The van der Waals surface area contributed by atoms with Crippen LogP contribution >= 0.6 is 22.6 Å². The lowest BCUT2D eigenvalue weighted by molar-refractivity contribution is 0.0342. The molecule has 0 radical (unpaired) electrons. The largest absolute Gasteiger partial charge is 0.379 e. The van der Waals surface area contributed by atoms with Crippen molar-refractivity contribution in [3.63, 3.8) is 0 Å². The summed E-state index contributed by atoms with van der Waals surface area (Å²) < 4.78 is 13.4. The average molecular weight is 536 g/mol. The fourth-order valence-corrected chi connectivity index (χ4v) is 3.80. The lowest BCUT2D eigenvalue weighted by Gasteiger charge is -2.26. The number of carbonyl (C=O) groups is 1. The molecule has 1 aliphatic rings. The van der Waals surface area contributed by atoms with Crippen molar-refractivity contribution in [3.8, 4) is 0 Å². The van der Waals surface area contributed by atoms with Crippen LogP contribution in [0.25, 0.3) is 0 Å². The molecular weight excluding hydrogens is 511 g/mol. The fraction of sp³-hybridized carbons (Fsp3) is 0.429. The standard InChI is InChI=1S/C21H25IN6O3/c1-14-19(22)15(2)28(25-14)13-18-24-21(31-26-18)20(29)23-11-16-3-5-17(6-4-16)12-27-7-9-30-10-8-27/h3-6H,7-13H2,1-2H3,(H,23,29).